The summed E-state index contributed by atoms with van der Waals surface area (Å²) >= 11 is 7.30. The maximum atomic E-state index is 11.8. The first kappa shape index (κ1) is 16.5. The van der Waals surface area contributed by atoms with Crippen molar-refractivity contribution in [3.8, 4) is 10.6 Å². The van der Waals surface area contributed by atoms with E-state index in [1.54, 1.807) is 36.0 Å². The molecule has 0 aliphatic carbocycles. The second-order valence-electron chi connectivity index (χ2n) is 5.55. The number of aliphatic carboxylic acids is 1. The predicted octanol–water partition coefficient (Wildman–Crippen LogP) is 4.97. The highest BCUT2D eigenvalue weighted by atomic mass is 35.5. The molecule has 128 valence electrons. The molecule has 26 heavy (non-hydrogen) atoms. The number of carboxylic acids is 1. The lowest BCUT2D eigenvalue weighted by Gasteiger charge is -1.99. The van der Waals surface area contributed by atoms with E-state index in [0.29, 0.717) is 16.4 Å². The standard InChI is InChI=1S/C19H12ClN3O2S/c20-13-5-3-11(4-6-13)18-23-16(10-26-18)15(19(24)25)8-12-9-22-17-14(12)2-1-7-21-17/h1-10H,(H,21,22)(H,24,25)/b15-8-. The molecule has 2 N–H and O–H groups in total. The second-order valence-corrected chi connectivity index (χ2v) is 6.85. The van der Waals surface area contributed by atoms with Crippen molar-refractivity contribution in [3.63, 3.8) is 0 Å². The van der Waals surface area contributed by atoms with E-state index in [4.69, 9.17) is 11.6 Å². The van der Waals surface area contributed by atoms with E-state index in [-0.39, 0.29) is 5.57 Å². The van der Waals surface area contributed by atoms with Crippen LogP contribution in [0.4, 0.5) is 0 Å². The average Bonchev–Trinajstić information content (AvgIpc) is 3.27. The number of hydrogen-bond acceptors (Lipinski definition) is 4. The minimum Gasteiger partial charge on any atom is -0.478 e. The number of aromatic amines is 1. The van der Waals surface area contributed by atoms with Gasteiger partial charge in [0.05, 0.1) is 11.3 Å². The highest BCUT2D eigenvalue weighted by Gasteiger charge is 2.16. The molecule has 0 fully saturated rings. The summed E-state index contributed by atoms with van der Waals surface area (Å²) in [5.41, 5.74) is 2.92. The number of nitrogens with zero attached hydrogens (tertiary/aromatic N) is 2. The molecular formula is C19H12ClN3O2S. The molecule has 4 rings (SSSR count). The first-order chi connectivity index (χ1) is 12.6. The number of H-pyrrole nitrogens is 1. The molecule has 3 heterocycles. The van der Waals surface area contributed by atoms with Crippen molar-refractivity contribution in [2.45, 2.75) is 0 Å². The molecule has 0 aliphatic heterocycles. The van der Waals surface area contributed by atoms with Crippen molar-refractivity contribution in [1.29, 1.82) is 0 Å². The van der Waals surface area contributed by atoms with Crippen LogP contribution in [0.3, 0.4) is 0 Å². The summed E-state index contributed by atoms with van der Waals surface area (Å²) in [5, 5.41) is 13.7. The Balaban J connectivity index is 1.76. The summed E-state index contributed by atoms with van der Waals surface area (Å²) in [6.07, 6.45) is 5.04. The van der Waals surface area contributed by atoms with Gasteiger partial charge in [-0.1, -0.05) is 23.7 Å². The monoisotopic (exact) mass is 381 g/mol. The highest BCUT2D eigenvalue weighted by molar-refractivity contribution is 7.13. The fraction of sp³-hybridized carbons (Fsp3) is 0. The first-order valence-corrected chi connectivity index (χ1v) is 8.96. The van der Waals surface area contributed by atoms with Gasteiger partial charge in [0.25, 0.3) is 0 Å². The van der Waals surface area contributed by atoms with Gasteiger partial charge in [0.2, 0.25) is 0 Å². The number of nitrogens with one attached hydrogen (secondary N) is 1. The zero-order valence-electron chi connectivity index (χ0n) is 13.3. The van der Waals surface area contributed by atoms with E-state index in [1.807, 2.05) is 24.3 Å². The molecule has 5 nitrogen and oxygen atoms in total. The number of hydrogen-bond donors (Lipinski definition) is 2. The van der Waals surface area contributed by atoms with E-state index < -0.39 is 5.97 Å². The molecule has 0 bridgehead atoms. The van der Waals surface area contributed by atoms with Gasteiger partial charge in [0.15, 0.2) is 0 Å². The molecule has 0 atom stereocenters. The smallest absolute Gasteiger partial charge is 0.337 e. The number of thiazole rings is 1. The molecule has 0 saturated carbocycles. The zero-order valence-corrected chi connectivity index (χ0v) is 14.9. The van der Waals surface area contributed by atoms with Crippen molar-refractivity contribution in [2.75, 3.05) is 0 Å². The number of rotatable bonds is 4. The summed E-state index contributed by atoms with van der Waals surface area (Å²) in [5.74, 6) is -1.03. The molecule has 0 spiro atoms. The van der Waals surface area contributed by atoms with Crippen LogP contribution in [0.1, 0.15) is 11.3 Å². The molecule has 0 radical (unpaired) electrons. The van der Waals surface area contributed by atoms with Gasteiger partial charge in [-0.05, 0) is 30.3 Å². The van der Waals surface area contributed by atoms with E-state index in [0.717, 1.165) is 21.5 Å². The van der Waals surface area contributed by atoms with Gasteiger partial charge >= 0.3 is 5.97 Å². The Kier molecular flexibility index (Phi) is 4.28. The minimum atomic E-state index is -1.03. The third kappa shape index (κ3) is 3.12. The van der Waals surface area contributed by atoms with E-state index in [2.05, 4.69) is 15.0 Å². The Hall–Kier alpha value is -2.96. The largest absolute Gasteiger partial charge is 0.478 e. The topological polar surface area (TPSA) is 78.9 Å². The molecule has 7 heteroatoms. The van der Waals surface area contributed by atoms with Gasteiger partial charge in [-0.15, -0.1) is 11.3 Å². The van der Waals surface area contributed by atoms with Crippen LogP contribution in [-0.2, 0) is 4.79 Å². The summed E-state index contributed by atoms with van der Waals surface area (Å²) < 4.78 is 0. The Morgan fingerprint density at radius 2 is 2.04 bits per heavy atom. The number of halogens is 1. The molecule has 3 aromatic heterocycles. The fourth-order valence-corrected chi connectivity index (χ4v) is 3.57. The summed E-state index contributed by atoms with van der Waals surface area (Å²) in [7, 11) is 0. The fourth-order valence-electron chi connectivity index (χ4n) is 2.62. The third-order valence-electron chi connectivity index (χ3n) is 3.88. The maximum Gasteiger partial charge on any atom is 0.337 e. The van der Waals surface area contributed by atoms with Crippen molar-refractivity contribution in [1.82, 2.24) is 15.0 Å². The summed E-state index contributed by atoms with van der Waals surface area (Å²) in [6, 6.07) is 11.0. The lowest BCUT2D eigenvalue weighted by molar-refractivity contribution is -0.130. The average molecular weight is 382 g/mol. The Morgan fingerprint density at radius 3 is 2.81 bits per heavy atom. The van der Waals surface area contributed by atoms with Gasteiger partial charge in [0, 0.05) is 39.3 Å². The predicted molar refractivity (Wildman–Crippen MR) is 104 cm³/mol. The van der Waals surface area contributed by atoms with Gasteiger partial charge in [0.1, 0.15) is 10.7 Å². The maximum absolute atomic E-state index is 11.8. The van der Waals surface area contributed by atoms with Gasteiger partial charge in [-0.3, -0.25) is 0 Å². The minimum absolute atomic E-state index is 0.131. The zero-order chi connectivity index (χ0) is 18.1. The first-order valence-electron chi connectivity index (χ1n) is 7.71. The molecule has 4 aromatic rings. The lowest BCUT2D eigenvalue weighted by atomic mass is 10.1. The number of fused-ring (bicyclic) bond motifs is 1. The van der Waals surface area contributed by atoms with Gasteiger partial charge in [-0.25, -0.2) is 14.8 Å². The van der Waals surface area contributed by atoms with Crippen molar-refractivity contribution < 1.29 is 9.90 Å². The normalized spacial score (nSPS) is 11.8. The highest BCUT2D eigenvalue weighted by Crippen LogP contribution is 2.29. The molecular weight excluding hydrogens is 370 g/mol. The van der Waals surface area contributed by atoms with Crippen LogP contribution in [0.25, 0.3) is 33.3 Å². The Labute approximate surface area is 157 Å². The Bertz CT molecular complexity index is 1130. The van der Waals surface area contributed by atoms with E-state index >= 15 is 0 Å². The molecule has 0 aliphatic rings. The van der Waals surface area contributed by atoms with Gasteiger partial charge < -0.3 is 10.1 Å². The Morgan fingerprint density at radius 1 is 1.23 bits per heavy atom. The van der Waals surface area contributed by atoms with E-state index in [9.17, 15) is 9.90 Å². The van der Waals surface area contributed by atoms with Crippen LogP contribution in [0.15, 0.2) is 54.2 Å². The van der Waals surface area contributed by atoms with Crippen LogP contribution in [0.5, 0.6) is 0 Å². The number of pyridine rings is 1. The van der Waals surface area contributed by atoms with Crippen LogP contribution in [-0.4, -0.2) is 26.0 Å². The third-order valence-corrected chi connectivity index (χ3v) is 5.03. The van der Waals surface area contributed by atoms with Crippen molar-refractivity contribution >= 4 is 51.6 Å². The lowest BCUT2D eigenvalue weighted by Crippen LogP contribution is -2.00. The van der Waals surface area contributed by atoms with Crippen molar-refractivity contribution in [2.24, 2.45) is 0 Å². The molecule has 0 saturated heterocycles. The van der Waals surface area contributed by atoms with Crippen LogP contribution >= 0.6 is 22.9 Å². The molecule has 1 aromatic carbocycles. The molecule has 0 amide bonds. The SMILES string of the molecule is O=C(O)/C(=C\c1c[nH]c2ncccc12)c1csc(-c2ccc(Cl)cc2)n1. The number of carbonyl (C=O) groups is 1. The summed E-state index contributed by atoms with van der Waals surface area (Å²) in [6.45, 7) is 0. The summed E-state index contributed by atoms with van der Waals surface area (Å²) in [4.78, 5) is 23.6. The van der Waals surface area contributed by atoms with Crippen LogP contribution < -0.4 is 0 Å². The van der Waals surface area contributed by atoms with Gasteiger partial charge in [-0.2, -0.15) is 0 Å². The quantitative estimate of drug-likeness (QED) is 0.489. The van der Waals surface area contributed by atoms with Crippen molar-refractivity contribution in [3.05, 3.63) is 70.5 Å². The second kappa shape index (κ2) is 6.74. The number of aromatic nitrogens is 3. The van der Waals surface area contributed by atoms with Crippen LogP contribution in [0.2, 0.25) is 5.02 Å². The number of benzene rings is 1. The number of carboxylic acid groups (broad SMARTS) is 1. The van der Waals surface area contributed by atoms with E-state index in [1.165, 1.54) is 11.3 Å². The van der Waals surface area contributed by atoms with Crippen LogP contribution in [0, 0.1) is 0 Å². The molecule has 0 unspecified atom stereocenters.